The van der Waals surface area contributed by atoms with E-state index in [0.717, 1.165) is 44.6 Å². The normalized spacial score (nSPS) is 15.1. The number of methoxy groups -OCH3 is 1. The topological polar surface area (TPSA) is 58.2 Å². The van der Waals surface area contributed by atoms with Gasteiger partial charge in [0.05, 0.1) is 18.8 Å². The van der Waals surface area contributed by atoms with Crippen LogP contribution in [0.5, 0.6) is 5.75 Å². The highest BCUT2D eigenvalue weighted by atomic mass is 79.9. The number of hydrogen-bond donors (Lipinski definition) is 1. The molecule has 0 saturated heterocycles. The fraction of sp³-hybridized carbons (Fsp3) is 0.154. The largest absolute Gasteiger partial charge is 0.497 e. The van der Waals surface area contributed by atoms with E-state index in [1.807, 2.05) is 65.6 Å². The molecule has 1 aliphatic rings. The van der Waals surface area contributed by atoms with Gasteiger partial charge in [0, 0.05) is 27.2 Å². The summed E-state index contributed by atoms with van der Waals surface area (Å²) in [6, 6.07) is 23.4. The van der Waals surface area contributed by atoms with Crippen molar-refractivity contribution in [3.05, 3.63) is 105 Å². The Morgan fingerprint density at radius 2 is 1.73 bits per heavy atom. The zero-order valence-electron chi connectivity index (χ0n) is 17.9. The molecule has 4 aromatic rings. The van der Waals surface area contributed by atoms with Crippen molar-refractivity contribution in [2.45, 2.75) is 12.5 Å². The number of carbonyl (C=O) groups excluding carboxylic acids is 1. The number of H-pyrrole nitrogens is 1. The van der Waals surface area contributed by atoms with Crippen molar-refractivity contribution in [3.8, 4) is 17.0 Å². The van der Waals surface area contributed by atoms with Crippen LogP contribution in [0.3, 0.4) is 0 Å². The molecule has 0 aliphatic carbocycles. The van der Waals surface area contributed by atoms with Gasteiger partial charge < -0.3 is 9.64 Å². The Labute approximate surface area is 205 Å². The van der Waals surface area contributed by atoms with E-state index >= 15 is 0 Å². The number of aromatic amines is 1. The van der Waals surface area contributed by atoms with Crippen LogP contribution in [0.4, 0.5) is 0 Å². The summed E-state index contributed by atoms with van der Waals surface area (Å²) in [5, 5.41) is 8.18. The molecule has 0 bridgehead atoms. The maximum Gasteiger partial charge on any atom is 0.273 e. The van der Waals surface area contributed by atoms with Gasteiger partial charge in [-0.3, -0.25) is 9.89 Å². The Morgan fingerprint density at radius 1 is 1.03 bits per heavy atom. The van der Waals surface area contributed by atoms with Crippen LogP contribution in [0.2, 0.25) is 5.02 Å². The molecule has 2 heterocycles. The molecule has 1 aromatic heterocycles. The van der Waals surface area contributed by atoms with Gasteiger partial charge in [-0.1, -0.05) is 63.9 Å². The zero-order chi connectivity index (χ0) is 22.9. The Kier molecular flexibility index (Phi) is 5.96. The molecule has 1 atom stereocenters. The highest BCUT2D eigenvalue weighted by Gasteiger charge is 2.41. The number of halogens is 2. The summed E-state index contributed by atoms with van der Waals surface area (Å²) < 4.78 is 6.25. The van der Waals surface area contributed by atoms with Crippen LogP contribution < -0.4 is 4.74 Å². The minimum atomic E-state index is -0.233. The van der Waals surface area contributed by atoms with E-state index in [2.05, 4.69) is 38.3 Å². The van der Waals surface area contributed by atoms with Gasteiger partial charge in [0.25, 0.3) is 5.91 Å². The van der Waals surface area contributed by atoms with Crippen molar-refractivity contribution in [3.63, 3.8) is 0 Å². The average molecular weight is 523 g/mol. The molecule has 0 fully saturated rings. The SMILES string of the molecule is COc1ccc(CCN2C(=O)c3[nH]nc(-c4ccc(Cl)cc4)c3C2c2ccc(Br)cc2)cc1. The monoisotopic (exact) mass is 521 g/mol. The summed E-state index contributed by atoms with van der Waals surface area (Å²) >= 11 is 9.61. The Morgan fingerprint density at radius 3 is 2.39 bits per heavy atom. The molecule has 0 radical (unpaired) electrons. The van der Waals surface area contributed by atoms with Crippen LogP contribution in [0, 0.1) is 0 Å². The lowest BCUT2D eigenvalue weighted by atomic mass is 9.96. The van der Waals surface area contributed by atoms with E-state index in [4.69, 9.17) is 16.3 Å². The number of nitrogens with one attached hydrogen (secondary N) is 1. The zero-order valence-corrected chi connectivity index (χ0v) is 20.2. The van der Waals surface area contributed by atoms with Gasteiger partial charge >= 0.3 is 0 Å². The number of ether oxygens (including phenoxy) is 1. The fourth-order valence-corrected chi connectivity index (χ4v) is 4.68. The number of aromatic nitrogens is 2. The lowest BCUT2D eigenvalue weighted by Gasteiger charge is -2.26. The molecule has 5 rings (SSSR count). The Bertz CT molecular complexity index is 1280. The first kappa shape index (κ1) is 21.7. The molecule has 1 N–H and O–H groups in total. The van der Waals surface area contributed by atoms with Crippen molar-refractivity contribution in [1.29, 1.82) is 0 Å². The molecule has 3 aromatic carbocycles. The van der Waals surface area contributed by atoms with Gasteiger partial charge in [-0.2, -0.15) is 5.10 Å². The second kappa shape index (κ2) is 9.04. The molecule has 0 spiro atoms. The number of nitrogens with zero attached hydrogens (tertiary/aromatic N) is 2. The van der Waals surface area contributed by atoms with Gasteiger partial charge in [-0.05, 0) is 53.9 Å². The fourth-order valence-electron chi connectivity index (χ4n) is 4.29. The molecule has 7 heteroatoms. The lowest BCUT2D eigenvalue weighted by Crippen LogP contribution is -2.31. The number of benzene rings is 3. The van der Waals surface area contributed by atoms with Crippen LogP contribution in [-0.2, 0) is 6.42 Å². The first-order valence-corrected chi connectivity index (χ1v) is 11.8. The quantitative estimate of drug-likeness (QED) is 0.324. The van der Waals surface area contributed by atoms with Crippen LogP contribution in [0.1, 0.15) is 33.2 Å². The molecule has 33 heavy (non-hydrogen) atoms. The minimum Gasteiger partial charge on any atom is -0.497 e. The third-order valence-corrected chi connectivity index (χ3v) is 6.75. The smallest absolute Gasteiger partial charge is 0.273 e. The van der Waals surface area contributed by atoms with E-state index in [-0.39, 0.29) is 11.9 Å². The highest BCUT2D eigenvalue weighted by Crippen LogP contribution is 2.43. The molecular weight excluding hydrogens is 502 g/mol. The second-order valence-corrected chi connectivity index (χ2v) is 9.27. The first-order chi connectivity index (χ1) is 16.0. The van der Waals surface area contributed by atoms with E-state index < -0.39 is 0 Å². The van der Waals surface area contributed by atoms with Crippen LogP contribution in [-0.4, -0.2) is 34.7 Å². The van der Waals surface area contributed by atoms with Crippen molar-refractivity contribution < 1.29 is 9.53 Å². The summed E-state index contributed by atoms with van der Waals surface area (Å²) in [5.41, 5.74) is 5.32. The molecule has 1 amide bonds. The van der Waals surface area contributed by atoms with Crippen molar-refractivity contribution >= 4 is 33.4 Å². The maximum atomic E-state index is 13.5. The number of amides is 1. The molecule has 5 nitrogen and oxygen atoms in total. The second-order valence-electron chi connectivity index (χ2n) is 7.92. The molecule has 0 saturated carbocycles. The van der Waals surface area contributed by atoms with Gasteiger partial charge in [0.2, 0.25) is 0 Å². The molecule has 1 unspecified atom stereocenters. The van der Waals surface area contributed by atoms with E-state index in [0.29, 0.717) is 17.3 Å². The van der Waals surface area contributed by atoms with Gasteiger partial charge in [0.1, 0.15) is 11.4 Å². The summed E-state index contributed by atoms with van der Waals surface area (Å²) in [4.78, 5) is 15.4. The van der Waals surface area contributed by atoms with Crippen molar-refractivity contribution in [2.24, 2.45) is 0 Å². The van der Waals surface area contributed by atoms with Gasteiger partial charge in [-0.25, -0.2) is 0 Å². The Hall–Kier alpha value is -3.09. The predicted molar refractivity (Wildman–Crippen MR) is 133 cm³/mol. The van der Waals surface area contributed by atoms with Crippen LogP contribution >= 0.6 is 27.5 Å². The summed E-state index contributed by atoms with van der Waals surface area (Å²) in [5.74, 6) is 0.775. The maximum absolute atomic E-state index is 13.5. The van der Waals surface area contributed by atoms with Crippen molar-refractivity contribution in [2.75, 3.05) is 13.7 Å². The standard InChI is InChI=1S/C26H21BrClN3O2/c1-33-21-12-2-16(3-13-21)14-15-31-25(18-4-8-19(27)9-5-18)22-23(29-30-24(22)26(31)32)17-6-10-20(28)11-7-17/h2-13,25H,14-15H2,1H3,(H,29,30). The summed E-state index contributed by atoms with van der Waals surface area (Å²) in [6.45, 7) is 0.578. The Balaban J connectivity index is 1.53. The highest BCUT2D eigenvalue weighted by molar-refractivity contribution is 9.10. The lowest BCUT2D eigenvalue weighted by molar-refractivity contribution is 0.0746. The molecule has 166 valence electrons. The minimum absolute atomic E-state index is 0.0425. The van der Waals surface area contributed by atoms with Crippen LogP contribution in [0.15, 0.2) is 77.3 Å². The third kappa shape index (κ3) is 4.16. The third-order valence-electron chi connectivity index (χ3n) is 5.97. The number of rotatable bonds is 6. The van der Waals surface area contributed by atoms with E-state index in [1.165, 1.54) is 0 Å². The number of fused-ring (bicyclic) bond motifs is 1. The summed E-state index contributed by atoms with van der Waals surface area (Å²) in [6.07, 6.45) is 0.733. The first-order valence-electron chi connectivity index (χ1n) is 10.6. The summed E-state index contributed by atoms with van der Waals surface area (Å²) in [7, 11) is 1.65. The van der Waals surface area contributed by atoms with Gasteiger partial charge in [0.15, 0.2) is 0 Å². The number of hydrogen-bond acceptors (Lipinski definition) is 3. The van der Waals surface area contributed by atoms with Crippen molar-refractivity contribution in [1.82, 2.24) is 15.1 Å². The van der Waals surface area contributed by atoms with E-state index in [9.17, 15) is 4.79 Å². The molecule has 1 aliphatic heterocycles. The average Bonchev–Trinajstić information content (AvgIpc) is 3.38. The molecular formula is C26H21BrClN3O2. The number of carbonyl (C=O) groups is 1. The van der Waals surface area contributed by atoms with Gasteiger partial charge in [-0.15, -0.1) is 0 Å². The van der Waals surface area contributed by atoms with E-state index in [1.54, 1.807) is 7.11 Å². The van der Waals surface area contributed by atoms with Crippen LogP contribution in [0.25, 0.3) is 11.3 Å². The predicted octanol–water partition coefficient (Wildman–Crippen LogP) is 6.29.